The van der Waals surface area contributed by atoms with Crippen LogP contribution >= 0.6 is 11.8 Å². The van der Waals surface area contributed by atoms with Crippen molar-refractivity contribution in [2.24, 2.45) is 0 Å². The van der Waals surface area contributed by atoms with Crippen LogP contribution in [-0.4, -0.2) is 28.8 Å². The van der Waals surface area contributed by atoms with Crippen molar-refractivity contribution in [2.75, 3.05) is 16.4 Å². The van der Waals surface area contributed by atoms with Crippen LogP contribution in [0.1, 0.15) is 21.5 Å². The molecule has 0 aromatic heterocycles. The van der Waals surface area contributed by atoms with Gasteiger partial charge in [0.25, 0.3) is 0 Å². The topological polar surface area (TPSA) is 78.4 Å². The summed E-state index contributed by atoms with van der Waals surface area (Å²) in [5.74, 6) is 0.334. The van der Waals surface area contributed by atoms with Crippen molar-refractivity contribution in [3.8, 4) is 0 Å². The Bertz CT molecular complexity index is 774. The van der Waals surface area contributed by atoms with Gasteiger partial charge in [-0.3, -0.25) is 4.79 Å². The van der Waals surface area contributed by atoms with Crippen molar-refractivity contribution in [1.82, 2.24) is 0 Å². The van der Waals surface area contributed by atoms with Crippen LogP contribution in [0.25, 0.3) is 0 Å². The highest BCUT2D eigenvalue weighted by Crippen LogP contribution is 2.29. The molecule has 124 valence electrons. The van der Waals surface area contributed by atoms with Crippen LogP contribution in [0.15, 0.2) is 42.5 Å². The lowest BCUT2D eigenvalue weighted by Crippen LogP contribution is -2.40. The number of aryl methyl sites for hydroxylation is 1. The van der Waals surface area contributed by atoms with E-state index in [0.29, 0.717) is 11.4 Å². The Kier molecular flexibility index (Phi) is 4.76. The number of anilines is 2. The molecule has 6 heteroatoms. The molecule has 0 unspecified atom stereocenters. The summed E-state index contributed by atoms with van der Waals surface area (Å²) >= 11 is 1.69. The van der Waals surface area contributed by atoms with E-state index in [0.717, 1.165) is 11.4 Å². The van der Waals surface area contributed by atoms with E-state index in [1.54, 1.807) is 17.8 Å². The second kappa shape index (κ2) is 6.97. The molecule has 1 aliphatic rings. The van der Waals surface area contributed by atoms with E-state index in [1.165, 1.54) is 23.3 Å². The van der Waals surface area contributed by atoms with Gasteiger partial charge in [-0.05, 0) is 30.7 Å². The summed E-state index contributed by atoms with van der Waals surface area (Å²) in [4.78, 5) is 23.2. The van der Waals surface area contributed by atoms with Crippen molar-refractivity contribution in [3.05, 3.63) is 59.2 Å². The fourth-order valence-corrected chi connectivity index (χ4v) is 3.49. The third-order valence-electron chi connectivity index (χ3n) is 3.84. The third-order valence-corrected chi connectivity index (χ3v) is 4.95. The summed E-state index contributed by atoms with van der Waals surface area (Å²) in [6.45, 7) is 2.06. The first-order valence-corrected chi connectivity index (χ1v) is 8.76. The molecule has 0 saturated carbocycles. The van der Waals surface area contributed by atoms with E-state index >= 15 is 0 Å². The molecule has 5 nitrogen and oxygen atoms in total. The number of benzene rings is 2. The molecule has 0 spiro atoms. The molecule has 0 aliphatic carbocycles. The summed E-state index contributed by atoms with van der Waals surface area (Å²) in [7, 11) is 0. The minimum atomic E-state index is -1.01. The quantitative estimate of drug-likeness (QED) is 0.776. The summed E-state index contributed by atoms with van der Waals surface area (Å²) in [6, 6.07) is 12.7. The lowest BCUT2D eigenvalue weighted by molar-refractivity contribution is -0.116. The molecule has 1 heterocycles. The maximum Gasteiger partial charge on any atom is 0.335 e. The SMILES string of the molecule is Cc1ccc(CSC[C@@H]2Nc3ccc(C(=O)O)cc3NC2=O)cc1. The zero-order valence-electron chi connectivity index (χ0n) is 13.2. The summed E-state index contributed by atoms with van der Waals surface area (Å²) in [6.07, 6.45) is 0. The first-order valence-electron chi connectivity index (χ1n) is 7.61. The predicted molar refractivity (Wildman–Crippen MR) is 96.8 cm³/mol. The van der Waals surface area contributed by atoms with Crippen molar-refractivity contribution in [2.45, 2.75) is 18.7 Å². The van der Waals surface area contributed by atoms with E-state index in [4.69, 9.17) is 5.11 Å². The van der Waals surface area contributed by atoms with Gasteiger partial charge in [0, 0.05) is 11.5 Å². The Morgan fingerprint density at radius 2 is 1.92 bits per heavy atom. The molecule has 0 bridgehead atoms. The Hall–Kier alpha value is -2.47. The van der Waals surface area contributed by atoms with Gasteiger partial charge in [0.2, 0.25) is 5.91 Å². The van der Waals surface area contributed by atoms with Crippen molar-refractivity contribution in [1.29, 1.82) is 0 Å². The minimum absolute atomic E-state index is 0.138. The zero-order chi connectivity index (χ0) is 17.1. The largest absolute Gasteiger partial charge is 0.478 e. The van der Waals surface area contributed by atoms with Gasteiger partial charge in [-0.2, -0.15) is 11.8 Å². The van der Waals surface area contributed by atoms with Crippen LogP contribution < -0.4 is 10.6 Å². The molecule has 3 rings (SSSR count). The Morgan fingerprint density at radius 1 is 1.17 bits per heavy atom. The van der Waals surface area contributed by atoms with Gasteiger partial charge >= 0.3 is 5.97 Å². The number of hydrogen-bond acceptors (Lipinski definition) is 4. The normalized spacial score (nSPS) is 16.0. The van der Waals surface area contributed by atoms with Crippen molar-refractivity contribution >= 4 is 35.0 Å². The third kappa shape index (κ3) is 3.71. The highest BCUT2D eigenvalue weighted by molar-refractivity contribution is 7.98. The number of fused-ring (bicyclic) bond motifs is 1. The molecular formula is C18H18N2O3S. The number of thioether (sulfide) groups is 1. The van der Waals surface area contributed by atoms with Gasteiger partial charge in [-0.25, -0.2) is 4.79 Å². The molecule has 24 heavy (non-hydrogen) atoms. The van der Waals surface area contributed by atoms with Gasteiger partial charge in [0.1, 0.15) is 6.04 Å². The predicted octanol–water partition coefficient (Wildman–Crippen LogP) is 3.36. The monoisotopic (exact) mass is 342 g/mol. The molecule has 0 radical (unpaired) electrons. The maximum absolute atomic E-state index is 12.2. The van der Waals surface area contributed by atoms with Gasteiger partial charge in [-0.15, -0.1) is 0 Å². The van der Waals surface area contributed by atoms with E-state index in [1.807, 2.05) is 0 Å². The number of carboxylic acid groups (broad SMARTS) is 1. The van der Waals surface area contributed by atoms with Crippen molar-refractivity contribution < 1.29 is 14.7 Å². The Balaban J connectivity index is 1.60. The highest BCUT2D eigenvalue weighted by Gasteiger charge is 2.25. The van der Waals surface area contributed by atoms with Crippen LogP contribution in [-0.2, 0) is 10.5 Å². The highest BCUT2D eigenvalue weighted by atomic mass is 32.2. The first-order chi connectivity index (χ1) is 11.5. The van der Waals surface area contributed by atoms with E-state index < -0.39 is 5.97 Å². The zero-order valence-corrected chi connectivity index (χ0v) is 14.0. The fourth-order valence-electron chi connectivity index (χ4n) is 2.48. The Morgan fingerprint density at radius 3 is 2.62 bits per heavy atom. The molecule has 1 atom stereocenters. The second-order valence-electron chi connectivity index (χ2n) is 5.75. The van der Waals surface area contributed by atoms with Crippen LogP contribution in [0.4, 0.5) is 11.4 Å². The number of amides is 1. The second-order valence-corrected chi connectivity index (χ2v) is 6.78. The average Bonchev–Trinajstić information content (AvgIpc) is 2.56. The van der Waals surface area contributed by atoms with Crippen LogP contribution in [0.5, 0.6) is 0 Å². The Labute approximate surface area is 144 Å². The van der Waals surface area contributed by atoms with E-state index in [-0.39, 0.29) is 17.5 Å². The van der Waals surface area contributed by atoms with Crippen LogP contribution in [0, 0.1) is 6.92 Å². The summed E-state index contributed by atoms with van der Waals surface area (Å²) in [5, 5.41) is 15.0. The number of carbonyl (C=O) groups is 2. The molecule has 3 N–H and O–H groups in total. The smallest absolute Gasteiger partial charge is 0.335 e. The average molecular weight is 342 g/mol. The molecule has 2 aromatic rings. The molecular weight excluding hydrogens is 324 g/mol. The minimum Gasteiger partial charge on any atom is -0.478 e. The molecule has 2 aromatic carbocycles. The molecule has 1 amide bonds. The van der Waals surface area contributed by atoms with Gasteiger partial charge in [0.05, 0.1) is 16.9 Å². The molecule has 1 aliphatic heterocycles. The van der Waals surface area contributed by atoms with Gasteiger partial charge in [-0.1, -0.05) is 29.8 Å². The van der Waals surface area contributed by atoms with Gasteiger partial charge in [0.15, 0.2) is 0 Å². The number of hydrogen-bond donors (Lipinski definition) is 3. The van der Waals surface area contributed by atoms with Crippen LogP contribution in [0.2, 0.25) is 0 Å². The van der Waals surface area contributed by atoms with E-state index in [2.05, 4.69) is 41.8 Å². The van der Waals surface area contributed by atoms with Gasteiger partial charge < -0.3 is 15.7 Å². The van der Waals surface area contributed by atoms with Crippen molar-refractivity contribution in [3.63, 3.8) is 0 Å². The molecule has 0 fully saturated rings. The lowest BCUT2D eigenvalue weighted by Gasteiger charge is -2.26. The number of carboxylic acids is 1. The summed E-state index contributed by atoms with van der Waals surface area (Å²) in [5.41, 5.74) is 3.88. The standard InChI is InChI=1S/C18H18N2O3S/c1-11-2-4-12(5-3-11)9-24-10-16-17(21)20-15-8-13(18(22)23)6-7-14(15)19-16/h2-8,16,19H,9-10H2,1H3,(H,20,21)(H,22,23)/t16-/m0/s1. The number of rotatable bonds is 5. The van der Waals surface area contributed by atoms with Crippen LogP contribution in [0.3, 0.4) is 0 Å². The number of carbonyl (C=O) groups excluding carboxylic acids is 1. The lowest BCUT2D eigenvalue weighted by atomic mass is 10.1. The first kappa shape index (κ1) is 16.4. The summed E-state index contributed by atoms with van der Waals surface area (Å²) < 4.78 is 0. The number of aromatic carboxylic acids is 1. The number of nitrogens with one attached hydrogen (secondary N) is 2. The van der Waals surface area contributed by atoms with E-state index in [9.17, 15) is 9.59 Å². The maximum atomic E-state index is 12.2. The molecule has 0 saturated heterocycles. The fraction of sp³-hybridized carbons (Fsp3) is 0.222.